The molecule has 0 spiro atoms. The minimum absolute atomic E-state index is 0.0462. The van der Waals surface area contributed by atoms with Crippen LogP contribution in [0.5, 0.6) is 0 Å². The summed E-state index contributed by atoms with van der Waals surface area (Å²) in [7, 11) is -3.63. The SMILES string of the molecule is CCCCCCCCCCCCS(=O)(=O)Nc1cc(N)ccc1[N+](=O)[O-]. The van der Waals surface area contributed by atoms with Gasteiger partial charge in [0, 0.05) is 11.8 Å². The van der Waals surface area contributed by atoms with Gasteiger partial charge in [0.05, 0.1) is 10.7 Å². The Morgan fingerprint density at radius 3 is 2.08 bits per heavy atom. The minimum Gasteiger partial charge on any atom is -0.399 e. The molecule has 0 aliphatic rings. The van der Waals surface area contributed by atoms with E-state index in [9.17, 15) is 18.5 Å². The monoisotopic (exact) mass is 385 g/mol. The highest BCUT2D eigenvalue weighted by atomic mass is 32.2. The van der Waals surface area contributed by atoms with Gasteiger partial charge in [0.1, 0.15) is 5.69 Å². The van der Waals surface area contributed by atoms with Crippen LogP contribution in [0.3, 0.4) is 0 Å². The fourth-order valence-corrected chi connectivity index (χ4v) is 3.98. The molecule has 0 unspecified atom stereocenters. The van der Waals surface area contributed by atoms with Gasteiger partial charge in [-0.2, -0.15) is 0 Å². The van der Waals surface area contributed by atoms with E-state index in [0.29, 0.717) is 6.42 Å². The summed E-state index contributed by atoms with van der Waals surface area (Å²) in [6, 6.07) is 3.85. The quantitative estimate of drug-likeness (QED) is 0.206. The maximum absolute atomic E-state index is 12.1. The minimum atomic E-state index is -3.63. The fraction of sp³-hybridized carbons (Fsp3) is 0.667. The number of anilines is 2. The van der Waals surface area contributed by atoms with E-state index in [1.165, 1.54) is 56.7 Å². The molecule has 3 N–H and O–H groups in total. The second-order valence-electron chi connectivity index (χ2n) is 6.64. The number of nitrogen functional groups attached to an aromatic ring is 1. The maximum Gasteiger partial charge on any atom is 0.293 e. The van der Waals surface area contributed by atoms with E-state index in [4.69, 9.17) is 5.73 Å². The van der Waals surface area contributed by atoms with Crippen LogP contribution >= 0.6 is 0 Å². The lowest BCUT2D eigenvalue weighted by molar-refractivity contribution is -0.383. The zero-order valence-corrected chi connectivity index (χ0v) is 16.4. The third-order valence-electron chi connectivity index (χ3n) is 4.25. The van der Waals surface area contributed by atoms with E-state index < -0.39 is 14.9 Å². The third-order valence-corrected chi connectivity index (χ3v) is 5.61. The van der Waals surface area contributed by atoms with Gasteiger partial charge in [-0.1, -0.05) is 64.7 Å². The number of nitrogens with two attached hydrogens (primary N) is 1. The molecule has 0 radical (unpaired) electrons. The van der Waals surface area contributed by atoms with Crippen LogP contribution in [0, 0.1) is 10.1 Å². The molecule has 0 bridgehead atoms. The average Bonchev–Trinajstić information content (AvgIpc) is 2.56. The largest absolute Gasteiger partial charge is 0.399 e. The Kier molecular flexibility index (Phi) is 10.0. The summed E-state index contributed by atoms with van der Waals surface area (Å²) in [5.41, 5.74) is 5.48. The highest BCUT2D eigenvalue weighted by molar-refractivity contribution is 7.92. The Bertz CT molecular complexity index is 662. The van der Waals surface area contributed by atoms with Crippen LogP contribution in [0.25, 0.3) is 0 Å². The smallest absolute Gasteiger partial charge is 0.293 e. The van der Waals surface area contributed by atoms with E-state index in [1.807, 2.05) is 0 Å². The summed E-state index contributed by atoms with van der Waals surface area (Å²) in [5.74, 6) is -0.0462. The third kappa shape index (κ3) is 9.03. The molecule has 26 heavy (non-hydrogen) atoms. The number of nitro groups is 1. The zero-order chi connectivity index (χ0) is 19.4. The van der Waals surface area contributed by atoms with Gasteiger partial charge < -0.3 is 5.73 Å². The van der Waals surface area contributed by atoms with Gasteiger partial charge in [-0.25, -0.2) is 8.42 Å². The summed E-state index contributed by atoms with van der Waals surface area (Å²) >= 11 is 0. The lowest BCUT2D eigenvalue weighted by Crippen LogP contribution is -2.17. The second-order valence-corrected chi connectivity index (χ2v) is 8.48. The van der Waals surface area contributed by atoms with Crippen molar-refractivity contribution < 1.29 is 13.3 Å². The van der Waals surface area contributed by atoms with Gasteiger partial charge in [0.15, 0.2) is 0 Å². The van der Waals surface area contributed by atoms with Crippen molar-refractivity contribution in [1.29, 1.82) is 0 Å². The van der Waals surface area contributed by atoms with Gasteiger partial charge in [0.2, 0.25) is 10.0 Å². The Morgan fingerprint density at radius 2 is 1.54 bits per heavy atom. The molecule has 1 rings (SSSR count). The van der Waals surface area contributed by atoms with Crippen molar-refractivity contribution in [2.24, 2.45) is 0 Å². The first-order chi connectivity index (χ1) is 12.4. The van der Waals surface area contributed by atoms with Gasteiger partial charge in [-0.3, -0.25) is 14.8 Å². The first-order valence-corrected chi connectivity index (χ1v) is 11.1. The predicted octanol–water partition coefficient (Wildman–Crippen LogP) is 4.84. The number of nitrogens with zero attached hydrogens (tertiary/aromatic N) is 1. The van der Waals surface area contributed by atoms with Crippen LogP contribution in [0.1, 0.15) is 71.1 Å². The molecule has 0 heterocycles. The number of hydrogen-bond donors (Lipinski definition) is 2. The first-order valence-electron chi connectivity index (χ1n) is 9.40. The van der Waals surface area contributed by atoms with Gasteiger partial charge in [-0.05, 0) is 18.6 Å². The molecule has 0 aliphatic carbocycles. The Balaban J connectivity index is 2.31. The summed E-state index contributed by atoms with van der Waals surface area (Å²) < 4.78 is 26.6. The summed E-state index contributed by atoms with van der Waals surface area (Å²) in [6.45, 7) is 2.20. The molecule has 0 aromatic heterocycles. The molecule has 7 nitrogen and oxygen atoms in total. The molecule has 1 aromatic rings. The maximum atomic E-state index is 12.1. The van der Waals surface area contributed by atoms with Crippen LogP contribution in [0.15, 0.2) is 18.2 Å². The highest BCUT2D eigenvalue weighted by Gasteiger charge is 2.19. The standard InChI is InChI=1S/C18H31N3O4S/c1-2-3-4-5-6-7-8-9-10-11-14-26(24,25)20-17-15-16(19)12-13-18(17)21(22)23/h12-13,15,20H,2-11,14,19H2,1H3. The average molecular weight is 386 g/mol. The number of nitro benzene ring substituents is 1. The van der Waals surface area contributed by atoms with E-state index in [1.54, 1.807) is 0 Å². The number of benzene rings is 1. The van der Waals surface area contributed by atoms with Crippen LogP contribution < -0.4 is 10.5 Å². The topological polar surface area (TPSA) is 115 Å². The molecule has 0 atom stereocenters. The van der Waals surface area contributed by atoms with E-state index >= 15 is 0 Å². The molecule has 0 saturated carbocycles. The van der Waals surface area contributed by atoms with Crippen LogP contribution in [-0.4, -0.2) is 19.1 Å². The predicted molar refractivity (Wildman–Crippen MR) is 107 cm³/mol. The van der Waals surface area contributed by atoms with E-state index in [2.05, 4.69) is 11.6 Å². The number of nitrogens with one attached hydrogen (secondary N) is 1. The van der Waals surface area contributed by atoms with Crippen molar-refractivity contribution in [1.82, 2.24) is 0 Å². The van der Waals surface area contributed by atoms with Crippen LogP contribution in [0.4, 0.5) is 17.1 Å². The van der Waals surface area contributed by atoms with Crippen LogP contribution in [-0.2, 0) is 10.0 Å². The lowest BCUT2D eigenvalue weighted by Gasteiger charge is -2.09. The molecule has 0 amide bonds. The summed E-state index contributed by atoms with van der Waals surface area (Å²) in [5, 5.41) is 11.0. The van der Waals surface area contributed by atoms with E-state index in [-0.39, 0.29) is 22.8 Å². The molecule has 0 fully saturated rings. The number of hydrogen-bond acceptors (Lipinski definition) is 5. The molecule has 8 heteroatoms. The lowest BCUT2D eigenvalue weighted by atomic mass is 10.1. The van der Waals surface area contributed by atoms with Crippen molar-refractivity contribution in [3.63, 3.8) is 0 Å². The fourth-order valence-electron chi connectivity index (χ4n) is 2.79. The first kappa shape index (κ1) is 22.2. The zero-order valence-electron chi connectivity index (χ0n) is 15.6. The van der Waals surface area contributed by atoms with Gasteiger partial charge in [-0.15, -0.1) is 0 Å². The Hall–Kier alpha value is -1.83. The Morgan fingerprint density at radius 1 is 1.00 bits per heavy atom. The number of unbranched alkanes of at least 4 members (excludes halogenated alkanes) is 9. The molecule has 1 aromatic carbocycles. The summed E-state index contributed by atoms with van der Waals surface area (Å²) in [6.07, 6.45) is 11.1. The normalized spacial score (nSPS) is 11.4. The van der Waals surface area contributed by atoms with Gasteiger partial charge in [0.25, 0.3) is 5.69 Å². The number of rotatable bonds is 14. The molecule has 0 saturated heterocycles. The van der Waals surface area contributed by atoms with Crippen molar-refractivity contribution in [2.45, 2.75) is 71.1 Å². The van der Waals surface area contributed by atoms with Crippen molar-refractivity contribution in [3.8, 4) is 0 Å². The highest BCUT2D eigenvalue weighted by Crippen LogP contribution is 2.27. The van der Waals surface area contributed by atoms with Gasteiger partial charge >= 0.3 is 0 Å². The van der Waals surface area contributed by atoms with Crippen molar-refractivity contribution in [2.75, 3.05) is 16.2 Å². The van der Waals surface area contributed by atoms with E-state index in [0.717, 1.165) is 19.3 Å². The van der Waals surface area contributed by atoms with Crippen molar-refractivity contribution in [3.05, 3.63) is 28.3 Å². The molecular formula is C18H31N3O4S. The Labute approximate surface area is 156 Å². The summed E-state index contributed by atoms with van der Waals surface area (Å²) in [4.78, 5) is 10.4. The second kappa shape index (κ2) is 11.7. The van der Waals surface area contributed by atoms with Crippen LogP contribution in [0.2, 0.25) is 0 Å². The van der Waals surface area contributed by atoms with Crippen molar-refractivity contribution >= 4 is 27.1 Å². The molecular weight excluding hydrogens is 354 g/mol. The molecule has 0 aliphatic heterocycles. The number of sulfonamides is 1. The molecule has 148 valence electrons.